The van der Waals surface area contributed by atoms with Gasteiger partial charge in [-0.05, 0) is 54.4 Å². The predicted octanol–water partition coefficient (Wildman–Crippen LogP) is 2.94. The summed E-state index contributed by atoms with van der Waals surface area (Å²) < 4.78 is 37.3. The van der Waals surface area contributed by atoms with E-state index in [9.17, 15) is 13.2 Å². The minimum atomic E-state index is -3.56. The summed E-state index contributed by atoms with van der Waals surface area (Å²) >= 11 is 6.07. The molecule has 1 saturated heterocycles. The molecule has 0 atom stereocenters. The Balaban J connectivity index is 1.57. The molecule has 1 aliphatic heterocycles. The number of morpholine rings is 1. The molecule has 29 heavy (non-hydrogen) atoms. The molecule has 156 valence electrons. The SMILES string of the molecule is CCc1cc(OCC(=O)Nc2ccc(S(=O)(=O)N3CCOCC3)cc2)ccc1Cl. The Hall–Kier alpha value is -2.13. The number of hydrogen-bond acceptors (Lipinski definition) is 5. The second-order valence-corrected chi connectivity index (χ2v) is 8.83. The van der Waals surface area contributed by atoms with Crippen molar-refractivity contribution >= 4 is 33.2 Å². The number of benzene rings is 2. The van der Waals surface area contributed by atoms with Crippen LogP contribution in [0.2, 0.25) is 5.02 Å². The first kappa shape index (κ1) is 21.6. The number of nitrogens with zero attached hydrogens (tertiary/aromatic N) is 1. The smallest absolute Gasteiger partial charge is 0.262 e. The van der Waals surface area contributed by atoms with Crippen molar-refractivity contribution in [2.24, 2.45) is 0 Å². The Morgan fingerprint density at radius 1 is 1.17 bits per heavy atom. The average molecular weight is 439 g/mol. The zero-order valence-corrected chi connectivity index (χ0v) is 17.6. The normalized spacial score (nSPS) is 15.1. The van der Waals surface area contributed by atoms with Crippen LogP contribution in [0.15, 0.2) is 47.4 Å². The number of aryl methyl sites for hydroxylation is 1. The van der Waals surface area contributed by atoms with Crippen LogP contribution in [0.4, 0.5) is 5.69 Å². The lowest BCUT2D eigenvalue weighted by atomic mass is 10.1. The van der Waals surface area contributed by atoms with Crippen LogP contribution in [0.5, 0.6) is 5.75 Å². The zero-order chi connectivity index (χ0) is 20.9. The molecule has 2 aromatic carbocycles. The maximum atomic E-state index is 12.6. The molecule has 1 amide bonds. The largest absolute Gasteiger partial charge is 0.484 e. The van der Waals surface area contributed by atoms with Crippen LogP contribution in [-0.2, 0) is 26.0 Å². The van der Waals surface area contributed by atoms with Crippen molar-refractivity contribution < 1.29 is 22.7 Å². The number of sulfonamides is 1. The van der Waals surface area contributed by atoms with Crippen LogP contribution in [-0.4, -0.2) is 51.5 Å². The van der Waals surface area contributed by atoms with Crippen molar-refractivity contribution in [3.63, 3.8) is 0 Å². The number of carbonyl (C=O) groups excluding carboxylic acids is 1. The summed E-state index contributed by atoms with van der Waals surface area (Å²) in [5.74, 6) is 0.218. The third-order valence-corrected chi connectivity index (χ3v) is 6.80. The van der Waals surface area contributed by atoms with Crippen molar-refractivity contribution in [1.82, 2.24) is 4.31 Å². The number of amides is 1. The fourth-order valence-electron chi connectivity index (χ4n) is 2.90. The van der Waals surface area contributed by atoms with E-state index in [2.05, 4.69) is 5.32 Å². The van der Waals surface area contributed by atoms with Gasteiger partial charge in [0.1, 0.15) is 5.75 Å². The van der Waals surface area contributed by atoms with Gasteiger partial charge in [-0.25, -0.2) is 8.42 Å². The van der Waals surface area contributed by atoms with E-state index < -0.39 is 10.0 Å². The number of hydrogen-bond donors (Lipinski definition) is 1. The highest BCUT2D eigenvalue weighted by Crippen LogP contribution is 2.23. The van der Waals surface area contributed by atoms with Gasteiger partial charge in [-0.15, -0.1) is 0 Å². The van der Waals surface area contributed by atoms with E-state index in [1.807, 2.05) is 6.92 Å². The fourth-order valence-corrected chi connectivity index (χ4v) is 4.56. The standard InChI is InChI=1S/C20H23ClN2O5S/c1-2-15-13-17(5-8-19(15)21)28-14-20(24)22-16-3-6-18(7-4-16)29(25,26)23-9-11-27-12-10-23/h3-8,13H,2,9-12,14H2,1H3,(H,22,24). The third kappa shape index (κ3) is 5.48. The first-order chi connectivity index (χ1) is 13.9. The summed E-state index contributed by atoms with van der Waals surface area (Å²) in [5.41, 5.74) is 1.44. The fraction of sp³-hybridized carbons (Fsp3) is 0.350. The van der Waals surface area contributed by atoms with Crippen LogP contribution < -0.4 is 10.1 Å². The Labute approximate surface area is 175 Å². The van der Waals surface area contributed by atoms with Crippen molar-refractivity contribution in [2.45, 2.75) is 18.2 Å². The highest BCUT2D eigenvalue weighted by Gasteiger charge is 2.26. The molecule has 1 fully saturated rings. The Kier molecular flexibility index (Phi) is 7.13. The van der Waals surface area contributed by atoms with Crippen LogP contribution in [0.1, 0.15) is 12.5 Å². The van der Waals surface area contributed by atoms with E-state index in [-0.39, 0.29) is 17.4 Å². The van der Waals surface area contributed by atoms with Gasteiger partial charge < -0.3 is 14.8 Å². The molecule has 0 saturated carbocycles. The molecule has 9 heteroatoms. The maximum absolute atomic E-state index is 12.6. The summed E-state index contributed by atoms with van der Waals surface area (Å²) in [6, 6.07) is 11.3. The lowest BCUT2D eigenvalue weighted by molar-refractivity contribution is -0.118. The minimum Gasteiger partial charge on any atom is -0.484 e. The monoisotopic (exact) mass is 438 g/mol. The van der Waals surface area contributed by atoms with Gasteiger partial charge in [0.2, 0.25) is 10.0 Å². The van der Waals surface area contributed by atoms with E-state index >= 15 is 0 Å². The third-order valence-electron chi connectivity index (χ3n) is 4.51. The molecule has 0 spiro atoms. The van der Waals surface area contributed by atoms with E-state index in [4.69, 9.17) is 21.1 Å². The van der Waals surface area contributed by atoms with Crippen molar-refractivity contribution in [1.29, 1.82) is 0 Å². The highest BCUT2D eigenvalue weighted by molar-refractivity contribution is 7.89. The lowest BCUT2D eigenvalue weighted by Crippen LogP contribution is -2.40. The molecule has 0 bridgehead atoms. The Morgan fingerprint density at radius 3 is 2.52 bits per heavy atom. The number of halogens is 1. The molecule has 0 aromatic heterocycles. The molecule has 7 nitrogen and oxygen atoms in total. The van der Waals surface area contributed by atoms with Gasteiger partial charge in [0.25, 0.3) is 5.91 Å². The zero-order valence-electron chi connectivity index (χ0n) is 16.1. The summed E-state index contributed by atoms with van der Waals surface area (Å²) in [5, 5.41) is 3.36. The topological polar surface area (TPSA) is 84.9 Å². The molecule has 3 rings (SSSR count). The van der Waals surface area contributed by atoms with Gasteiger partial charge in [0.05, 0.1) is 18.1 Å². The van der Waals surface area contributed by atoms with Gasteiger partial charge in [-0.1, -0.05) is 18.5 Å². The van der Waals surface area contributed by atoms with Crippen LogP contribution in [0.25, 0.3) is 0 Å². The number of ether oxygens (including phenoxy) is 2. The summed E-state index contributed by atoms with van der Waals surface area (Å²) in [6.07, 6.45) is 0.766. The first-order valence-electron chi connectivity index (χ1n) is 9.29. The molecule has 0 radical (unpaired) electrons. The summed E-state index contributed by atoms with van der Waals surface area (Å²) in [7, 11) is -3.56. The number of anilines is 1. The Morgan fingerprint density at radius 2 is 1.86 bits per heavy atom. The van der Waals surface area contributed by atoms with Crippen LogP contribution >= 0.6 is 11.6 Å². The quantitative estimate of drug-likeness (QED) is 0.718. The second kappa shape index (κ2) is 9.58. The molecule has 1 aliphatic rings. The first-order valence-corrected chi connectivity index (χ1v) is 11.1. The number of rotatable bonds is 7. The Bertz CT molecular complexity index is 957. The van der Waals surface area contributed by atoms with Crippen molar-refractivity contribution in [3.05, 3.63) is 53.1 Å². The van der Waals surface area contributed by atoms with Gasteiger partial charge in [-0.3, -0.25) is 4.79 Å². The summed E-state index contributed by atoms with van der Waals surface area (Å²) in [4.78, 5) is 12.3. The molecule has 1 heterocycles. The van der Waals surface area contributed by atoms with Crippen molar-refractivity contribution in [3.8, 4) is 5.75 Å². The summed E-state index contributed by atoms with van der Waals surface area (Å²) in [6.45, 7) is 3.27. The van der Waals surface area contributed by atoms with Crippen LogP contribution in [0, 0.1) is 0 Å². The van der Waals surface area contributed by atoms with E-state index in [1.54, 1.807) is 30.3 Å². The molecular weight excluding hydrogens is 416 g/mol. The average Bonchev–Trinajstić information content (AvgIpc) is 2.74. The molecule has 2 aromatic rings. The predicted molar refractivity (Wildman–Crippen MR) is 111 cm³/mol. The second-order valence-electron chi connectivity index (χ2n) is 6.48. The molecule has 0 unspecified atom stereocenters. The van der Waals surface area contributed by atoms with Gasteiger partial charge in [0, 0.05) is 23.8 Å². The van der Waals surface area contributed by atoms with Gasteiger partial charge in [0.15, 0.2) is 6.61 Å². The number of carbonyl (C=O) groups is 1. The van der Waals surface area contributed by atoms with E-state index in [0.717, 1.165) is 12.0 Å². The molecule has 0 aliphatic carbocycles. The van der Waals surface area contributed by atoms with E-state index in [1.165, 1.54) is 16.4 Å². The van der Waals surface area contributed by atoms with Crippen LogP contribution in [0.3, 0.4) is 0 Å². The number of nitrogens with one attached hydrogen (secondary N) is 1. The van der Waals surface area contributed by atoms with Gasteiger partial charge >= 0.3 is 0 Å². The highest BCUT2D eigenvalue weighted by atomic mass is 35.5. The van der Waals surface area contributed by atoms with Gasteiger partial charge in [-0.2, -0.15) is 4.31 Å². The molecule has 1 N–H and O–H groups in total. The minimum absolute atomic E-state index is 0.168. The van der Waals surface area contributed by atoms with E-state index in [0.29, 0.717) is 42.8 Å². The lowest BCUT2D eigenvalue weighted by Gasteiger charge is -2.26. The maximum Gasteiger partial charge on any atom is 0.262 e. The molecular formula is C20H23ClN2O5S. The van der Waals surface area contributed by atoms with Crippen molar-refractivity contribution in [2.75, 3.05) is 38.2 Å².